The lowest BCUT2D eigenvalue weighted by atomic mass is 10.0. The number of nitrogens with one attached hydrogen (secondary N) is 2. The van der Waals surface area contributed by atoms with E-state index in [1.807, 2.05) is 18.2 Å². The van der Waals surface area contributed by atoms with Crippen LogP contribution < -0.4 is 20.1 Å². The number of halogens is 1. The molecule has 0 aliphatic carbocycles. The summed E-state index contributed by atoms with van der Waals surface area (Å²) in [6.45, 7) is 2.00. The summed E-state index contributed by atoms with van der Waals surface area (Å²) in [5, 5.41) is 6.26. The molecule has 0 bridgehead atoms. The van der Waals surface area contributed by atoms with E-state index in [4.69, 9.17) is 21.1 Å². The number of hydrogen-bond acceptors (Lipinski definition) is 4. The predicted molar refractivity (Wildman–Crippen MR) is 97.0 cm³/mol. The summed E-state index contributed by atoms with van der Waals surface area (Å²) >= 11 is 5.90. The maximum atomic E-state index is 12.3. The van der Waals surface area contributed by atoms with Gasteiger partial charge in [0.05, 0.1) is 12.5 Å². The largest absolute Gasteiger partial charge is 0.454 e. The van der Waals surface area contributed by atoms with Crippen molar-refractivity contribution >= 4 is 23.4 Å². The summed E-state index contributed by atoms with van der Waals surface area (Å²) in [5.41, 5.74) is 1.73. The first-order valence-electron chi connectivity index (χ1n) is 8.19. The summed E-state index contributed by atoms with van der Waals surface area (Å²) in [5.74, 6) is 1.01. The highest BCUT2D eigenvalue weighted by molar-refractivity contribution is 6.30. The van der Waals surface area contributed by atoms with Gasteiger partial charge in [-0.15, -0.1) is 0 Å². The smallest absolute Gasteiger partial charge is 0.231 e. The van der Waals surface area contributed by atoms with Crippen molar-refractivity contribution in [3.05, 3.63) is 58.6 Å². The Hall–Kier alpha value is -2.73. The van der Waals surface area contributed by atoms with Gasteiger partial charge in [-0.05, 0) is 35.4 Å². The van der Waals surface area contributed by atoms with Crippen LogP contribution in [0.15, 0.2) is 42.5 Å². The average molecular weight is 375 g/mol. The fourth-order valence-electron chi connectivity index (χ4n) is 2.70. The SMILES string of the molecule is CC(=O)NC(CC(=O)NCc1ccc2c(c1)OCO2)c1ccc(Cl)cc1. The molecule has 1 aliphatic heterocycles. The molecular weight excluding hydrogens is 356 g/mol. The van der Waals surface area contributed by atoms with Crippen LogP contribution in [0, 0.1) is 0 Å². The maximum absolute atomic E-state index is 12.3. The first-order chi connectivity index (χ1) is 12.5. The Kier molecular flexibility index (Phi) is 5.63. The molecule has 136 valence electrons. The van der Waals surface area contributed by atoms with Gasteiger partial charge >= 0.3 is 0 Å². The van der Waals surface area contributed by atoms with Crippen LogP contribution in [0.5, 0.6) is 11.5 Å². The molecule has 2 amide bonds. The molecule has 2 aromatic rings. The molecule has 0 radical (unpaired) electrons. The topological polar surface area (TPSA) is 76.7 Å². The second kappa shape index (κ2) is 8.10. The molecular formula is C19H19ClN2O4. The maximum Gasteiger partial charge on any atom is 0.231 e. The van der Waals surface area contributed by atoms with E-state index in [0.29, 0.717) is 23.1 Å². The molecule has 1 heterocycles. The standard InChI is InChI=1S/C19H19ClN2O4/c1-12(23)22-16(14-3-5-15(20)6-4-14)9-19(24)21-10-13-2-7-17-18(8-13)26-11-25-17/h2-8,16H,9-11H2,1H3,(H,21,24)(H,22,23). The fourth-order valence-corrected chi connectivity index (χ4v) is 2.83. The van der Waals surface area contributed by atoms with Crippen LogP contribution in [0.4, 0.5) is 0 Å². The van der Waals surface area contributed by atoms with Crippen LogP contribution in [0.2, 0.25) is 5.02 Å². The minimum absolute atomic E-state index is 0.131. The molecule has 0 saturated carbocycles. The van der Waals surface area contributed by atoms with Gasteiger partial charge in [0.15, 0.2) is 11.5 Å². The van der Waals surface area contributed by atoms with Gasteiger partial charge in [-0.1, -0.05) is 29.8 Å². The van der Waals surface area contributed by atoms with E-state index < -0.39 is 6.04 Å². The quantitative estimate of drug-likeness (QED) is 0.815. The molecule has 1 atom stereocenters. The molecule has 0 saturated heterocycles. The van der Waals surface area contributed by atoms with Crippen molar-refractivity contribution < 1.29 is 19.1 Å². The fraction of sp³-hybridized carbons (Fsp3) is 0.263. The highest BCUT2D eigenvalue weighted by Crippen LogP contribution is 2.32. The first kappa shape index (κ1) is 18.1. The summed E-state index contributed by atoms with van der Waals surface area (Å²) in [4.78, 5) is 23.8. The summed E-state index contributed by atoms with van der Waals surface area (Å²) in [7, 11) is 0. The Morgan fingerprint density at radius 3 is 2.58 bits per heavy atom. The van der Waals surface area contributed by atoms with Crippen LogP contribution in [0.3, 0.4) is 0 Å². The zero-order valence-electron chi connectivity index (χ0n) is 14.3. The summed E-state index contributed by atoms with van der Waals surface area (Å²) in [6, 6.07) is 12.2. The lowest BCUT2D eigenvalue weighted by molar-refractivity contribution is -0.122. The van der Waals surface area contributed by atoms with Gasteiger partial charge in [0.1, 0.15) is 0 Å². The normalized spacial score (nSPS) is 13.2. The molecule has 1 unspecified atom stereocenters. The molecule has 2 aromatic carbocycles. The van der Waals surface area contributed by atoms with Gasteiger partial charge in [0.25, 0.3) is 0 Å². The number of ether oxygens (including phenoxy) is 2. The Balaban J connectivity index is 1.60. The van der Waals surface area contributed by atoms with Crippen molar-refractivity contribution in [1.29, 1.82) is 0 Å². The number of amides is 2. The van der Waals surface area contributed by atoms with E-state index in [1.54, 1.807) is 24.3 Å². The number of fused-ring (bicyclic) bond motifs is 1. The monoisotopic (exact) mass is 374 g/mol. The third-order valence-electron chi connectivity index (χ3n) is 3.97. The minimum atomic E-state index is -0.415. The second-order valence-electron chi connectivity index (χ2n) is 5.97. The Bertz CT molecular complexity index is 808. The number of hydrogen-bond donors (Lipinski definition) is 2. The highest BCUT2D eigenvalue weighted by atomic mass is 35.5. The molecule has 0 spiro atoms. The van der Waals surface area contributed by atoms with Gasteiger partial charge in [-0.2, -0.15) is 0 Å². The third kappa shape index (κ3) is 4.67. The van der Waals surface area contributed by atoms with Gasteiger partial charge in [-0.25, -0.2) is 0 Å². The van der Waals surface area contributed by atoms with Crippen LogP contribution >= 0.6 is 11.6 Å². The van der Waals surface area contributed by atoms with E-state index in [-0.39, 0.29) is 25.0 Å². The highest BCUT2D eigenvalue weighted by Gasteiger charge is 2.18. The Morgan fingerprint density at radius 2 is 1.85 bits per heavy atom. The summed E-state index contributed by atoms with van der Waals surface area (Å²) in [6.07, 6.45) is 0.131. The second-order valence-corrected chi connectivity index (χ2v) is 6.41. The van der Waals surface area contributed by atoms with Crippen molar-refractivity contribution in [2.24, 2.45) is 0 Å². The van der Waals surface area contributed by atoms with Gasteiger partial charge < -0.3 is 20.1 Å². The molecule has 26 heavy (non-hydrogen) atoms. The van der Waals surface area contributed by atoms with Crippen molar-refractivity contribution in [3.63, 3.8) is 0 Å². The van der Waals surface area contributed by atoms with Gasteiger partial charge in [0, 0.05) is 18.5 Å². The molecule has 1 aliphatic rings. The molecule has 3 rings (SSSR count). The van der Waals surface area contributed by atoms with E-state index in [1.165, 1.54) is 6.92 Å². The van der Waals surface area contributed by atoms with E-state index >= 15 is 0 Å². The predicted octanol–water partition coefficient (Wildman–Crippen LogP) is 2.95. The van der Waals surface area contributed by atoms with Crippen molar-refractivity contribution in [3.8, 4) is 11.5 Å². The number of benzene rings is 2. The minimum Gasteiger partial charge on any atom is -0.454 e. The van der Waals surface area contributed by atoms with Gasteiger partial charge in [0.2, 0.25) is 18.6 Å². The average Bonchev–Trinajstić information content (AvgIpc) is 3.07. The number of carbonyl (C=O) groups excluding carboxylic acids is 2. The van der Waals surface area contributed by atoms with Crippen LogP contribution in [0.1, 0.15) is 30.5 Å². The van der Waals surface area contributed by atoms with Crippen molar-refractivity contribution in [1.82, 2.24) is 10.6 Å². The van der Waals surface area contributed by atoms with Crippen molar-refractivity contribution in [2.45, 2.75) is 25.9 Å². The molecule has 0 fully saturated rings. The zero-order chi connectivity index (χ0) is 18.5. The zero-order valence-corrected chi connectivity index (χ0v) is 15.0. The Labute approximate surface area is 156 Å². The van der Waals surface area contributed by atoms with Crippen LogP contribution in [-0.2, 0) is 16.1 Å². The first-order valence-corrected chi connectivity index (χ1v) is 8.57. The summed E-state index contributed by atoms with van der Waals surface area (Å²) < 4.78 is 10.6. The van der Waals surface area contributed by atoms with Crippen LogP contribution in [-0.4, -0.2) is 18.6 Å². The van der Waals surface area contributed by atoms with Crippen LogP contribution in [0.25, 0.3) is 0 Å². The van der Waals surface area contributed by atoms with Gasteiger partial charge in [-0.3, -0.25) is 9.59 Å². The Morgan fingerprint density at radius 1 is 1.12 bits per heavy atom. The lowest BCUT2D eigenvalue weighted by Gasteiger charge is -2.18. The number of rotatable bonds is 6. The molecule has 2 N–H and O–H groups in total. The van der Waals surface area contributed by atoms with E-state index in [2.05, 4.69) is 10.6 Å². The molecule has 0 aromatic heterocycles. The number of carbonyl (C=O) groups is 2. The third-order valence-corrected chi connectivity index (χ3v) is 4.22. The van der Waals surface area contributed by atoms with E-state index in [0.717, 1.165) is 11.1 Å². The molecule has 7 heteroatoms. The van der Waals surface area contributed by atoms with Crippen molar-refractivity contribution in [2.75, 3.05) is 6.79 Å². The lowest BCUT2D eigenvalue weighted by Crippen LogP contribution is -2.32. The molecule has 6 nitrogen and oxygen atoms in total. The van der Waals surface area contributed by atoms with E-state index in [9.17, 15) is 9.59 Å².